The second kappa shape index (κ2) is 6.45. The zero-order chi connectivity index (χ0) is 16.4. The van der Waals surface area contributed by atoms with Crippen molar-refractivity contribution in [3.05, 3.63) is 38.3 Å². The van der Waals surface area contributed by atoms with E-state index >= 15 is 0 Å². The van der Waals surface area contributed by atoms with Crippen LogP contribution in [0.15, 0.2) is 16.6 Å². The lowest BCUT2D eigenvalue weighted by Crippen LogP contribution is -2.13. The average Bonchev–Trinajstić information content (AvgIpc) is 2.73. The zero-order valence-electron chi connectivity index (χ0n) is 12.2. The molecule has 0 bridgehead atoms. The quantitative estimate of drug-likeness (QED) is 0.741. The van der Waals surface area contributed by atoms with E-state index in [4.69, 9.17) is 5.11 Å². The number of amides is 2. The van der Waals surface area contributed by atoms with Crippen molar-refractivity contribution in [2.24, 2.45) is 0 Å². The van der Waals surface area contributed by atoms with Gasteiger partial charge in [-0.1, -0.05) is 27.3 Å². The third-order valence-corrected chi connectivity index (χ3v) is 4.48. The second-order valence-corrected chi connectivity index (χ2v) is 6.65. The predicted molar refractivity (Wildman–Crippen MR) is 90.1 cm³/mol. The minimum atomic E-state index is -1.21. The van der Waals surface area contributed by atoms with Gasteiger partial charge in [0.15, 0.2) is 5.13 Å². The molecule has 0 aliphatic carbocycles. The fourth-order valence-electron chi connectivity index (χ4n) is 2.03. The molecular formula is C14H14BrN3O3S. The third-order valence-electron chi connectivity index (χ3n) is 2.95. The number of anilines is 2. The molecule has 2 rings (SSSR count). The smallest absolute Gasteiger partial charge is 0.410 e. The Morgan fingerprint density at radius 1 is 1.18 bits per heavy atom. The summed E-state index contributed by atoms with van der Waals surface area (Å²) in [6.07, 6.45) is -1.21. The van der Waals surface area contributed by atoms with Crippen LogP contribution in [0.3, 0.4) is 0 Å². The van der Waals surface area contributed by atoms with E-state index in [9.17, 15) is 9.59 Å². The van der Waals surface area contributed by atoms with Gasteiger partial charge in [0.1, 0.15) is 4.88 Å². The van der Waals surface area contributed by atoms with Crippen molar-refractivity contribution in [3.63, 3.8) is 0 Å². The highest BCUT2D eigenvalue weighted by molar-refractivity contribution is 9.10. The SMILES string of the molecule is Cc1cc(Br)cc(C)c1NC(=O)c1sc(NC(=O)O)nc1C. The number of carbonyl (C=O) groups excluding carboxylic acids is 1. The van der Waals surface area contributed by atoms with Crippen LogP contribution in [-0.4, -0.2) is 22.1 Å². The second-order valence-electron chi connectivity index (χ2n) is 4.73. The normalized spacial score (nSPS) is 10.4. The van der Waals surface area contributed by atoms with Crippen molar-refractivity contribution in [2.75, 3.05) is 10.6 Å². The van der Waals surface area contributed by atoms with Crippen molar-refractivity contribution in [1.29, 1.82) is 0 Å². The van der Waals surface area contributed by atoms with Crippen LogP contribution in [0.25, 0.3) is 0 Å². The summed E-state index contributed by atoms with van der Waals surface area (Å²) in [5.74, 6) is -0.304. The van der Waals surface area contributed by atoms with Crippen molar-refractivity contribution in [1.82, 2.24) is 4.98 Å². The van der Waals surface area contributed by atoms with Crippen LogP contribution >= 0.6 is 27.3 Å². The highest BCUT2D eigenvalue weighted by Crippen LogP contribution is 2.28. The Labute approximate surface area is 139 Å². The number of nitrogens with zero attached hydrogens (tertiary/aromatic N) is 1. The van der Waals surface area contributed by atoms with Gasteiger partial charge in [0, 0.05) is 10.2 Å². The molecule has 3 N–H and O–H groups in total. The Balaban J connectivity index is 2.26. The number of hydrogen-bond donors (Lipinski definition) is 3. The lowest BCUT2D eigenvalue weighted by atomic mass is 10.1. The number of benzene rings is 1. The number of nitrogens with one attached hydrogen (secondary N) is 2. The van der Waals surface area contributed by atoms with E-state index in [1.165, 1.54) is 0 Å². The van der Waals surface area contributed by atoms with Gasteiger partial charge in [-0.15, -0.1) is 0 Å². The number of thiazole rings is 1. The summed E-state index contributed by atoms with van der Waals surface area (Å²) in [6, 6.07) is 3.83. The van der Waals surface area contributed by atoms with E-state index in [1.54, 1.807) is 6.92 Å². The third kappa shape index (κ3) is 3.63. The van der Waals surface area contributed by atoms with Gasteiger partial charge >= 0.3 is 6.09 Å². The number of hydrogen-bond acceptors (Lipinski definition) is 4. The molecule has 2 amide bonds. The number of halogens is 1. The monoisotopic (exact) mass is 383 g/mol. The molecule has 6 nitrogen and oxygen atoms in total. The van der Waals surface area contributed by atoms with E-state index in [-0.39, 0.29) is 11.0 Å². The minimum Gasteiger partial charge on any atom is -0.465 e. The Bertz CT molecular complexity index is 735. The van der Waals surface area contributed by atoms with Gasteiger partial charge in [-0.25, -0.2) is 9.78 Å². The number of rotatable bonds is 3. The minimum absolute atomic E-state index is 0.180. The number of aromatic nitrogens is 1. The van der Waals surface area contributed by atoms with Crippen molar-refractivity contribution in [3.8, 4) is 0 Å². The molecule has 0 saturated carbocycles. The first-order valence-electron chi connectivity index (χ1n) is 6.33. The van der Waals surface area contributed by atoms with Gasteiger partial charge in [0.2, 0.25) is 0 Å². The van der Waals surface area contributed by atoms with Gasteiger partial charge in [-0.3, -0.25) is 10.1 Å². The van der Waals surface area contributed by atoms with Crippen molar-refractivity contribution in [2.45, 2.75) is 20.8 Å². The highest BCUT2D eigenvalue weighted by Gasteiger charge is 2.18. The van der Waals surface area contributed by atoms with E-state index in [0.29, 0.717) is 10.6 Å². The molecule has 0 radical (unpaired) electrons. The van der Waals surface area contributed by atoms with Crippen LogP contribution in [-0.2, 0) is 0 Å². The molecule has 1 aromatic heterocycles. The summed E-state index contributed by atoms with van der Waals surface area (Å²) in [5, 5.41) is 13.9. The Kier molecular flexibility index (Phi) is 4.82. The standard InChI is InChI=1S/C14H14BrN3O3S/c1-6-4-9(15)5-7(2)10(6)17-12(19)11-8(3)16-13(22-11)18-14(20)21/h4-5H,1-3H3,(H,16,18)(H,17,19)(H,20,21). The number of carboxylic acid groups (broad SMARTS) is 1. The molecule has 1 heterocycles. The average molecular weight is 384 g/mol. The lowest BCUT2D eigenvalue weighted by molar-refractivity contribution is 0.102. The van der Waals surface area contributed by atoms with Gasteiger partial charge < -0.3 is 10.4 Å². The molecule has 0 atom stereocenters. The van der Waals surface area contributed by atoms with Gasteiger partial charge in [-0.05, 0) is 44.0 Å². The van der Waals surface area contributed by atoms with Crippen LogP contribution in [0.5, 0.6) is 0 Å². The molecule has 0 fully saturated rings. The van der Waals surface area contributed by atoms with E-state index in [2.05, 4.69) is 31.5 Å². The first-order chi connectivity index (χ1) is 10.3. The van der Waals surface area contributed by atoms with Gasteiger partial charge in [0.25, 0.3) is 5.91 Å². The Hall–Kier alpha value is -1.93. The molecule has 8 heteroatoms. The molecule has 0 aliphatic rings. The fraction of sp³-hybridized carbons (Fsp3) is 0.214. The largest absolute Gasteiger partial charge is 0.465 e. The van der Waals surface area contributed by atoms with Crippen LogP contribution in [0.4, 0.5) is 15.6 Å². The van der Waals surface area contributed by atoms with Crippen LogP contribution in [0, 0.1) is 20.8 Å². The van der Waals surface area contributed by atoms with Gasteiger partial charge in [0.05, 0.1) is 5.69 Å². The molecule has 0 unspecified atom stereocenters. The van der Waals surface area contributed by atoms with Crippen molar-refractivity contribution >= 4 is 50.1 Å². The predicted octanol–water partition coefficient (Wildman–Crippen LogP) is 4.17. The van der Waals surface area contributed by atoms with E-state index < -0.39 is 6.09 Å². The lowest BCUT2D eigenvalue weighted by Gasteiger charge is -2.11. The van der Waals surface area contributed by atoms with E-state index in [0.717, 1.165) is 32.6 Å². The maximum Gasteiger partial charge on any atom is 0.410 e. The molecule has 2 aromatic rings. The Morgan fingerprint density at radius 2 is 1.77 bits per heavy atom. The molecule has 1 aromatic carbocycles. The molecule has 22 heavy (non-hydrogen) atoms. The van der Waals surface area contributed by atoms with E-state index in [1.807, 2.05) is 26.0 Å². The number of carbonyl (C=O) groups is 2. The zero-order valence-corrected chi connectivity index (χ0v) is 14.6. The molecule has 116 valence electrons. The maximum absolute atomic E-state index is 12.4. The fourth-order valence-corrected chi connectivity index (χ4v) is 3.57. The van der Waals surface area contributed by atoms with Crippen molar-refractivity contribution < 1.29 is 14.7 Å². The summed E-state index contributed by atoms with van der Waals surface area (Å²) < 4.78 is 0.947. The molecule has 0 aliphatic heterocycles. The van der Waals surface area contributed by atoms with Gasteiger partial charge in [-0.2, -0.15) is 0 Å². The van der Waals surface area contributed by atoms with Crippen LogP contribution in [0.1, 0.15) is 26.5 Å². The molecule has 0 spiro atoms. The summed E-state index contributed by atoms with van der Waals surface area (Å²) in [7, 11) is 0. The summed E-state index contributed by atoms with van der Waals surface area (Å²) in [5.41, 5.74) is 3.10. The highest BCUT2D eigenvalue weighted by atomic mass is 79.9. The van der Waals surface area contributed by atoms with Crippen LogP contribution in [0.2, 0.25) is 0 Å². The first kappa shape index (κ1) is 16.4. The number of aryl methyl sites for hydroxylation is 3. The summed E-state index contributed by atoms with van der Waals surface area (Å²) in [6.45, 7) is 5.48. The summed E-state index contributed by atoms with van der Waals surface area (Å²) in [4.78, 5) is 27.4. The topological polar surface area (TPSA) is 91.3 Å². The molecular weight excluding hydrogens is 370 g/mol. The Morgan fingerprint density at radius 3 is 2.32 bits per heavy atom. The maximum atomic E-state index is 12.4. The van der Waals surface area contributed by atoms with Crippen LogP contribution < -0.4 is 10.6 Å². The summed E-state index contributed by atoms with van der Waals surface area (Å²) >= 11 is 4.42. The molecule has 0 saturated heterocycles. The first-order valence-corrected chi connectivity index (χ1v) is 7.94.